The van der Waals surface area contributed by atoms with Gasteiger partial charge in [0, 0.05) is 30.7 Å². The maximum atomic E-state index is 11.8. The predicted octanol–water partition coefficient (Wildman–Crippen LogP) is 4.24. The molecule has 1 amide bonds. The minimum atomic E-state index is 0.0149. The summed E-state index contributed by atoms with van der Waals surface area (Å²) in [5.41, 5.74) is 0.793. The van der Waals surface area contributed by atoms with Crippen LogP contribution >= 0.6 is 15.9 Å². The van der Waals surface area contributed by atoms with Gasteiger partial charge in [-0.3, -0.25) is 4.79 Å². The van der Waals surface area contributed by atoms with E-state index < -0.39 is 0 Å². The lowest BCUT2D eigenvalue weighted by Crippen LogP contribution is -2.12. The average molecular weight is 372 g/mol. The number of rotatable bonds is 11. The Hall–Kier alpha value is -1.07. The molecule has 0 aliphatic heterocycles. The van der Waals surface area contributed by atoms with Gasteiger partial charge in [0.1, 0.15) is 5.75 Å². The van der Waals surface area contributed by atoms with Gasteiger partial charge in [-0.2, -0.15) is 0 Å². The fourth-order valence-corrected chi connectivity index (χ4v) is 1.99. The van der Waals surface area contributed by atoms with Crippen LogP contribution in [0.25, 0.3) is 0 Å². The summed E-state index contributed by atoms with van der Waals surface area (Å²) in [5.74, 6) is 1.37. The Morgan fingerprint density at radius 2 is 1.91 bits per heavy atom. The molecule has 0 heterocycles. The first-order chi connectivity index (χ1) is 10.6. The third-order valence-electron chi connectivity index (χ3n) is 2.83. The summed E-state index contributed by atoms with van der Waals surface area (Å²) in [6, 6.07) is 7.46. The van der Waals surface area contributed by atoms with Crippen molar-refractivity contribution < 1.29 is 14.3 Å². The number of ether oxygens (including phenoxy) is 2. The molecule has 0 saturated heterocycles. The van der Waals surface area contributed by atoms with E-state index in [1.165, 1.54) is 0 Å². The third-order valence-corrected chi connectivity index (χ3v) is 3.39. The van der Waals surface area contributed by atoms with Gasteiger partial charge in [-0.25, -0.2) is 0 Å². The first kappa shape index (κ1) is 19.0. The Labute approximate surface area is 141 Å². The number of halogens is 1. The van der Waals surface area contributed by atoms with Crippen molar-refractivity contribution in [3.63, 3.8) is 0 Å². The van der Waals surface area contributed by atoms with Crippen LogP contribution in [0.3, 0.4) is 0 Å². The summed E-state index contributed by atoms with van der Waals surface area (Å²) in [6.07, 6.45) is 2.19. The van der Waals surface area contributed by atoms with Crippen molar-refractivity contribution in [3.8, 4) is 5.75 Å². The monoisotopic (exact) mass is 371 g/mol. The molecular weight excluding hydrogens is 346 g/mol. The molecule has 1 N–H and O–H groups in total. The predicted molar refractivity (Wildman–Crippen MR) is 93.9 cm³/mol. The lowest BCUT2D eigenvalue weighted by Gasteiger charge is -2.09. The topological polar surface area (TPSA) is 47.6 Å². The minimum Gasteiger partial charge on any atom is -0.494 e. The van der Waals surface area contributed by atoms with Crippen molar-refractivity contribution in [1.82, 2.24) is 0 Å². The lowest BCUT2D eigenvalue weighted by atomic mass is 10.2. The average Bonchev–Trinajstić information content (AvgIpc) is 2.48. The number of benzene rings is 1. The highest BCUT2D eigenvalue weighted by molar-refractivity contribution is 9.09. The van der Waals surface area contributed by atoms with Crippen LogP contribution in [0.4, 0.5) is 5.69 Å². The van der Waals surface area contributed by atoms with E-state index in [4.69, 9.17) is 9.47 Å². The van der Waals surface area contributed by atoms with Gasteiger partial charge >= 0.3 is 0 Å². The molecular formula is C17H26BrNO3. The van der Waals surface area contributed by atoms with Crippen LogP contribution in [0.15, 0.2) is 24.3 Å². The molecule has 0 aliphatic carbocycles. The van der Waals surface area contributed by atoms with Gasteiger partial charge < -0.3 is 14.8 Å². The number of nitrogens with one attached hydrogen (secondary N) is 1. The van der Waals surface area contributed by atoms with Gasteiger partial charge in [-0.1, -0.05) is 29.8 Å². The number of hydrogen-bond donors (Lipinski definition) is 1. The number of amides is 1. The van der Waals surface area contributed by atoms with E-state index in [0.717, 1.165) is 36.2 Å². The highest BCUT2D eigenvalue weighted by atomic mass is 79.9. The lowest BCUT2D eigenvalue weighted by molar-refractivity contribution is -0.116. The number of carbonyl (C=O) groups excluding carboxylic acids is 1. The Balaban J connectivity index is 2.21. The van der Waals surface area contributed by atoms with Crippen LogP contribution in [0.2, 0.25) is 0 Å². The van der Waals surface area contributed by atoms with E-state index >= 15 is 0 Å². The zero-order valence-electron chi connectivity index (χ0n) is 13.4. The second kappa shape index (κ2) is 11.5. The second-order valence-electron chi connectivity index (χ2n) is 5.54. The van der Waals surface area contributed by atoms with Crippen molar-refractivity contribution in [1.29, 1.82) is 0 Å². The van der Waals surface area contributed by atoms with Crippen LogP contribution in [0.5, 0.6) is 5.75 Å². The van der Waals surface area contributed by atoms with Gasteiger partial charge in [0.15, 0.2) is 0 Å². The highest BCUT2D eigenvalue weighted by Gasteiger charge is 2.03. The van der Waals surface area contributed by atoms with Crippen LogP contribution < -0.4 is 10.1 Å². The molecule has 22 heavy (non-hydrogen) atoms. The van der Waals surface area contributed by atoms with Gasteiger partial charge in [0.2, 0.25) is 5.91 Å². The molecule has 0 unspecified atom stereocenters. The Bertz CT molecular complexity index is 420. The van der Waals surface area contributed by atoms with Crippen molar-refractivity contribution >= 4 is 27.5 Å². The Kier molecular flexibility index (Phi) is 9.91. The number of carbonyl (C=O) groups is 1. The fourth-order valence-electron chi connectivity index (χ4n) is 1.76. The summed E-state index contributed by atoms with van der Waals surface area (Å²) in [4.78, 5) is 11.8. The molecule has 5 heteroatoms. The Morgan fingerprint density at radius 1 is 1.18 bits per heavy atom. The van der Waals surface area contributed by atoms with E-state index in [-0.39, 0.29) is 5.91 Å². The van der Waals surface area contributed by atoms with Crippen molar-refractivity contribution in [2.45, 2.75) is 33.1 Å². The van der Waals surface area contributed by atoms with E-state index in [9.17, 15) is 4.79 Å². The molecule has 0 aliphatic rings. The second-order valence-corrected chi connectivity index (χ2v) is 6.33. The van der Waals surface area contributed by atoms with Crippen LogP contribution in [-0.4, -0.2) is 31.1 Å². The normalized spacial score (nSPS) is 10.7. The minimum absolute atomic E-state index is 0.0149. The summed E-state index contributed by atoms with van der Waals surface area (Å²) >= 11 is 3.36. The van der Waals surface area contributed by atoms with Gasteiger partial charge in [-0.05, 0) is 43.0 Å². The zero-order chi connectivity index (χ0) is 16.2. The highest BCUT2D eigenvalue weighted by Crippen LogP contribution is 2.16. The fraction of sp³-hybridized carbons (Fsp3) is 0.588. The third kappa shape index (κ3) is 9.05. The smallest absolute Gasteiger partial charge is 0.224 e. The van der Waals surface area contributed by atoms with Crippen LogP contribution in [-0.2, 0) is 9.53 Å². The first-order valence-corrected chi connectivity index (χ1v) is 8.90. The maximum absolute atomic E-state index is 11.8. The van der Waals surface area contributed by atoms with E-state index in [1.807, 2.05) is 24.3 Å². The van der Waals surface area contributed by atoms with Crippen LogP contribution in [0, 0.1) is 5.92 Å². The molecule has 0 fully saturated rings. The molecule has 0 saturated carbocycles. The SMILES string of the molecule is CC(C)COCCCC(=O)Nc1ccc(OCCCBr)cc1. The van der Waals surface area contributed by atoms with Gasteiger partial charge in [0.05, 0.1) is 6.61 Å². The molecule has 0 atom stereocenters. The van der Waals surface area contributed by atoms with Crippen molar-refractivity contribution in [2.24, 2.45) is 5.92 Å². The number of hydrogen-bond acceptors (Lipinski definition) is 3. The van der Waals surface area contributed by atoms with Crippen molar-refractivity contribution in [2.75, 3.05) is 30.5 Å². The number of alkyl halides is 1. The zero-order valence-corrected chi connectivity index (χ0v) is 15.0. The molecule has 4 nitrogen and oxygen atoms in total. The largest absolute Gasteiger partial charge is 0.494 e. The summed E-state index contributed by atoms with van der Waals surface area (Å²) in [7, 11) is 0. The van der Waals surface area contributed by atoms with E-state index in [2.05, 4.69) is 35.1 Å². The molecule has 0 aromatic heterocycles. The summed E-state index contributed by atoms with van der Waals surface area (Å²) in [5, 5.41) is 3.81. The van der Waals surface area contributed by atoms with Gasteiger partial charge in [-0.15, -0.1) is 0 Å². The van der Waals surface area contributed by atoms with Gasteiger partial charge in [0.25, 0.3) is 0 Å². The maximum Gasteiger partial charge on any atom is 0.224 e. The van der Waals surface area contributed by atoms with Crippen molar-refractivity contribution in [3.05, 3.63) is 24.3 Å². The molecule has 1 rings (SSSR count). The molecule has 0 spiro atoms. The molecule has 1 aromatic carbocycles. The standard InChI is InChI=1S/C17H26BrNO3/c1-14(2)13-21-11-3-5-17(20)19-15-6-8-16(9-7-15)22-12-4-10-18/h6-9,14H,3-5,10-13H2,1-2H3,(H,19,20). The number of anilines is 1. The molecule has 1 aromatic rings. The molecule has 124 valence electrons. The summed E-state index contributed by atoms with van der Waals surface area (Å²) in [6.45, 7) is 6.29. The van der Waals surface area contributed by atoms with E-state index in [0.29, 0.717) is 25.6 Å². The first-order valence-electron chi connectivity index (χ1n) is 7.78. The summed E-state index contributed by atoms with van der Waals surface area (Å²) < 4.78 is 11.0. The quantitative estimate of drug-likeness (QED) is 0.467. The van der Waals surface area contributed by atoms with Crippen LogP contribution in [0.1, 0.15) is 33.1 Å². The Morgan fingerprint density at radius 3 is 2.55 bits per heavy atom. The van der Waals surface area contributed by atoms with E-state index in [1.54, 1.807) is 0 Å². The molecule has 0 radical (unpaired) electrons. The molecule has 0 bridgehead atoms.